The molecule has 1 fully saturated rings. The summed E-state index contributed by atoms with van der Waals surface area (Å²) in [6.45, 7) is 1.05. The topological polar surface area (TPSA) is 93.4 Å². The molecule has 0 atom stereocenters. The minimum absolute atomic E-state index is 0.221. The Labute approximate surface area is 174 Å². The Hall–Kier alpha value is -2.91. The molecule has 1 saturated heterocycles. The average molecular weight is 429 g/mol. The lowest BCUT2D eigenvalue weighted by molar-refractivity contribution is 0.458. The molecule has 1 aromatic heterocycles. The van der Waals surface area contributed by atoms with Gasteiger partial charge in [-0.2, -0.15) is 0 Å². The van der Waals surface area contributed by atoms with Crippen molar-refractivity contribution in [1.29, 1.82) is 0 Å². The number of hydrogen-bond acceptors (Lipinski definition) is 5. The summed E-state index contributed by atoms with van der Waals surface area (Å²) in [4.78, 5) is 26.5. The van der Waals surface area contributed by atoms with Gasteiger partial charge in [-0.15, -0.1) is 0 Å². The van der Waals surface area contributed by atoms with Crippen LogP contribution in [0, 0.1) is 0 Å². The highest BCUT2D eigenvalue weighted by atomic mass is 32.2. The van der Waals surface area contributed by atoms with Crippen molar-refractivity contribution >= 4 is 26.5 Å². The average Bonchev–Trinajstić information content (AvgIpc) is 2.75. The van der Waals surface area contributed by atoms with Gasteiger partial charge in [0.05, 0.1) is 4.90 Å². The van der Waals surface area contributed by atoms with Gasteiger partial charge >= 0.3 is 5.69 Å². The second-order valence-electron chi connectivity index (χ2n) is 7.63. The molecule has 0 bridgehead atoms. The Morgan fingerprint density at radius 3 is 2.37 bits per heavy atom. The highest BCUT2D eigenvalue weighted by molar-refractivity contribution is 7.89. The lowest BCUT2D eigenvalue weighted by Gasteiger charge is -2.33. The Kier molecular flexibility index (Phi) is 5.25. The molecule has 0 spiro atoms. The smallest absolute Gasteiger partial charge is 0.330 e. The zero-order chi connectivity index (χ0) is 21.5. The van der Waals surface area contributed by atoms with Gasteiger partial charge in [0.2, 0.25) is 10.0 Å². The predicted octanol–water partition coefficient (Wildman–Crippen LogP) is 1.18. The molecular formula is C21H24N4O4S. The maximum absolute atomic E-state index is 13.0. The normalized spacial score (nSPS) is 15.6. The number of anilines is 1. The maximum atomic E-state index is 13.0. The lowest BCUT2D eigenvalue weighted by Crippen LogP contribution is -2.47. The van der Waals surface area contributed by atoms with Gasteiger partial charge < -0.3 is 9.47 Å². The second-order valence-corrected chi connectivity index (χ2v) is 9.31. The van der Waals surface area contributed by atoms with E-state index in [1.165, 1.54) is 11.6 Å². The van der Waals surface area contributed by atoms with Crippen molar-refractivity contribution in [2.24, 2.45) is 14.1 Å². The van der Waals surface area contributed by atoms with Crippen molar-refractivity contribution in [3.05, 3.63) is 69.5 Å². The molecule has 4 rings (SSSR count). The fourth-order valence-electron chi connectivity index (χ4n) is 3.96. The summed E-state index contributed by atoms with van der Waals surface area (Å²) in [6.07, 6.45) is 2.68. The third-order valence-corrected chi connectivity index (χ3v) is 7.20. The number of nitrogens with one attached hydrogen (secondary N) is 1. The number of benzene rings is 2. The van der Waals surface area contributed by atoms with E-state index in [1.54, 1.807) is 25.4 Å². The molecule has 1 aliphatic heterocycles. The number of sulfonamides is 1. The summed E-state index contributed by atoms with van der Waals surface area (Å²) < 4.78 is 31.4. The molecule has 158 valence electrons. The summed E-state index contributed by atoms with van der Waals surface area (Å²) >= 11 is 0. The highest BCUT2D eigenvalue weighted by Crippen LogP contribution is 2.24. The van der Waals surface area contributed by atoms with Gasteiger partial charge in [0, 0.05) is 44.8 Å². The molecular weight excluding hydrogens is 404 g/mol. The minimum Gasteiger partial charge on any atom is -0.366 e. The molecule has 0 aliphatic carbocycles. The quantitative estimate of drug-likeness (QED) is 0.674. The zero-order valence-corrected chi connectivity index (χ0v) is 17.7. The van der Waals surface area contributed by atoms with E-state index in [0.717, 1.165) is 9.95 Å². The van der Waals surface area contributed by atoms with Crippen molar-refractivity contribution in [1.82, 2.24) is 13.9 Å². The van der Waals surface area contributed by atoms with E-state index in [4.69, 9.17) is 0 Å². The molecule has 9 heteroatoms. The van der Waals surface area contributed by atoms with E-state index in [9.17, 15) is 18.0 Å². The van der Waals surface area contributed by atoms with Gasteiger partial charge in [-0.25, -0.2) is 17.9 Å². The molecule has 0 radical (unpaired) electrons. The first kappa shape index (κ1) is 20.4. The fourth-order valence-corrected chi connectivity index (χ4v) is 5.49. The van der Waals surface area contributed by atoms with Crippen LogP contribution < -0.4 is 20.9 Å². The summed E-state index contributed by atoms with van der Waals surface area (Å²) in [7, 11) is -0.611. The fraction of sp³-hybridized carbons (Fsp3) is 0.333. The molecule has 2 heterocycles. The maximum Gasteiger partial charge on any atom is 0.330 e. The van der Waals surface area contributed by atoms with Crippen molar-refractivity contribution in [3.63, 3.8) is 0 Å². The zero-order valence-electron chi connectivity index (χ0n) is 16.9. The van der Waals surface area contributed by atoms with Crippen LogP contribution in [-0.2, 0) is 24.1 Å². The van der Waals surface area contributed by atoms with Crippen molar-refractivity contribution in [2.75, 3.05) is 18.0 Å². The van der Waals surface area contributed by atoms with E-state index in [2.05, 4.69) is 4.72 Å². The summed E-state index contributed by atoms with van der Waals surface area (Å²) in [6, 6.07) is 12.4. The Morgan fingerprint density at radius 2 is 1.63 bits per heavy atom. The molecule has 1 aliphatic rings. The molecule has 0 unspecified atom stereocenters. The first-order valence-corrected chi connectivity index (χ1v) is 11.3. The van der Waals surface area contributed by atoms with Crippen LogP contribution >= 0.6 is 0 Å². The van der Waals surface area contributed by atoms with Crippen molar-refractivity contribution in [3.8, 4) is 0 Å². The van der Waals surface area contributed by atoms with Crippen molar-refractivity contribution < 1.29 is 8.42 Å². The Balaban J connectivity index is 1.51. The first-order chi connectivity index (χ1) is 14.3. The van der Waals surface area contributed by atoms with Crippen LogP contribution in [0.4, 0.5) is 5.69 Å². The van der Waals surface area contributed by atoms with Crippen LogP contribution in [0.1, 0.15) is 12.8 Å². The number of rotatable bonds is 4. The summed E-state index contributed by atoms with van der Waals surface area (Å²) in [5, 5.41) is 1.57. The molecule has 0 saturated carbocycles. The van der Waals surface area contributed by atoms with Gasteiger partial charge in [-0.1, -0.05) is 36.4 Å². The van der Waals surface area contributed by atoms with Gasteiger partial charge in [0.25, 0.3) is 5.56 Å². The number of piperidine rings is 1. The van der Waals surface area contributed by atoms with Crippen LogP contribution in [0.25, 0.3) is 10.8 Å². The minimum atomic E-state index is -3.68. The Bertz CT molecular complexity index is 1310. The SMILES string of the molecule is Cn1cc(N2CCC(NS(=O)(=O)c3cccc4ccccc34)CC2)c(=O)n(C)c1=O. The number of aromatic nitrogens is 2. The third-order valence-electron chi connectivity index (χ3n) is 5.62. The van der Waals surface area contributed by atoms with Crippen LogP contribution in [0.5, 0.6) is 0 Å². The Morgan fingerprint density at radius 1 is 0.967 bits per heavy atom. The summed E-state index contributed by atoms with van der Waals surface area (Å²) in [5.41, 5.74) is -0.260. The van der Waals surface area contributed by atoms with Crippen LogP contribution in [-0.4, -0.2) is 36.7 Å². The van der Waals surface area contributed by atoms with E-state index in [-0.39, 0.29) is 22.2 Å². The molecule has 0 amide bonds. The van der Waals surface area contributed by atoms with Crippen LogP contribution in [0.3, 0.4) is 0 Å². The number of nitrogens with zero attached hydrogens (tertiary/aromatic N) is 3. The highest BCUT2D eigenvalue weighted by Gasteiger charge is 2.27. The van der Waals surface area contributed by atoms with Gasteiger partial charge in [0.1, 0.15) is 5.69 Å². The summed E-state index contributed by atoms with van der Waals surface area (Å²) in [5.74, 6) is 0. The number of fused-ring (bicyclic) bond motifs is 1. The third kappa shape index (κ3) is 3.66. The molecule has 8 nitrogen and oxygen atoms in total. The predicted molar refractivity (Wildman–Crippen MR) is 116 cm³/mol. The monoisotopic (exact) mass is 428 g/mol. The van der Waals surface area contributed by atoms with Gasteiger partial charge in [0.15, 0.2) is 0 Å². The molecule has 30 heavy (non-hydrogen) atoms. The molecule has 2 aromatic carbocycles. The molecule has 1 N–H and O–H groups in total. The molecule has 3 aromatic rings. The van der Waals surface area contributed by atoms with Crippen molar-refractivity contribution in [2.45, 2.75) is 23.8 Å². The van der Waals surface area contributed by atoms with E-state index < -0.39 is 10.0 Å². The largest absolute Gasteiger partial charge is 0.366 e. The second kappa shape index (κ2) is 7.73. The van der Waals surface area contributed by atoms with E-state index in [0.29, 0.717) is 37.0 Å². The lowest BCUT2D eigenvalue weighted by atomic mass is 10.1. The number of hydrogen-bond donors (Lipinski definition) is 1. The van der Waals surface area contributed by atoms with E-state index >= 15 is 0 Å². The standard InChI is InChI=1S/C21H24N4O4S/c1-23-14-18(20(26)24(2)21(23)27)25-12-10-16(11-13-25)22-30(28,29)19-9-5-7-15-6-3-4-8-17(15)19/h3-9,14,16,22H,10-13H2,1-2H3. The van der Waals surface area contributed by atoms with Crippen LogP contribution in [0.15, 0.2) is 63.1 Å². The van der Waals surface area contributed by atoms with E-state index in [1.807, 2.05) is 35.2 Å². The van der Waals surface area contributed by atoms with Crippen LogP contribution in [0.2, 0.25) is 0 Å². The number of aryl methyl sites for hydroxylation is 1. The van der Waals surface area contributed by atoms with Gasteiger partial charge in [-0.05, 0) is 24.3 Å². The van der Waals surface area contributed by atoms with Gasteiger partial charge in [-0.3, -0.25) is 9.36 Å². The first-order valence-electron chi connectivity index (χ1n) is 9.79.